The van der Waals surface area contributed by atoms with Crippen molar-refractivity contribution in [3.8, 4) is 5.75 Å². The maximum absolute atomic E-state index is 12.3. The molecule has 0 aromatic heterocycles. The van der Waals surface area contributed by atoms with Crippen LogP contribution < -0.4 is 0 Å². The van der Waals surface area contributed by atoms with Gasteiger partial charge in [-0.2, -0.15) is 0 Å². The Bertz CT molecular complexity index is 614. The van der Waals surface area contributed by atoms with Crippen LogP contribution in [-0.4, -0.2) is 33.2 Å². The summed E-state index contributed by atoms with van der Waals surface area (Å²) < 4.78 is 0. The quantitative estimate of drug-likeness (QED) is 0.828. The highest BCUT2D eigenvalue weighted by Gasteiger charge is 2.53. The molecule has 0 spiro atoms. The molecule has 2 N–H and O–H groups in total. The van der Waals surface area contributed by atoms with Gasteiger partial charge in [0.05, 0.1) is 17.4 Å². The van der Waals surface area contributed by atoms with Crippen molar-refractivity contribution in [2.45, 2.75) is 38.7 Å². The van der Waals surface area contributed by atoms with Crippen LogP contribution >= 0.6 is 0 Å². The van der Waals surface area contributed by atoms with Crippen molar-refractivity contribution in [2.24, 2.45) is 11.8 Å². The second kappa shape index (κ2) is 5.65. The third-order valence-corrected chi connectivity index (χ3v) is 4.42. The normalized spacial score (nSPS) is 31.8. The molecule has 1 fully saturated rings. The Labute approximate surface area is 129 Å². The molecule has 1 aromatic rings. The summed E-state index contributed by atoms with van der Waals surface area (Å²) in [4.78, 5) is 36.4. The second-order valence-electron chi connectivity index (χ2n) is 6.29. The molecule has 0 aliphatic heterocycles. The van der Waals surface area contributed by atoms with Crippen molar-refractivity contribution < 1.29 is 24.6 Å². The SMILES string of the molecule is CC(=O)[C@H]1C(=O)C[C@@](C)(O)[C@H](C(C)=O)[C@H]1c1ccc(O)cc1. The van der Waals surface area contributed by atoms with E-state index in [1.54, 1.807) is 12.1 Å². The smallest absolute Gasteiger partial charge is 0.146 e. The van der Waals surface area contributed by atoms with Crippen LogP contribution in [0.15, 0.2) is 24.3 Å². The highest BCUT2D eigenvalue weighted by Crippen LogP contribution is 2.46. The van der Waals surface area contributed by atoms with E-state index in [1.807, 2.05) is 0 Å². The molecule has 5 nitrogen and oxygen atoms in total. The molecular formula is C17H20O5. The molecule has 4 atom stereocenters. The first-order valence-corrected chi connectivity index (χ1v) is 7.20. The first-order chi connectivity index (χ1) is 10.1. The van der Waals surface area contributed by atoms with Gasteiger partial charge in [-0.05, 0) is 38.5 Å². The Hall–Kier alpha value is -2.01. The number of phenols is 1. The molecule has 0 heterocycles. The van der Waals surface area contributed by atoms with Crippen LogP contribution in [-0.2, 0) is 14.4 Å². The average molecular weight is 304 g/mol. The van der Waals surface area contributed by atoms with Gasteiger partial charge in [-0.15, -0.1) is 0 Å². The fourth-order valence-electron chi connectivity index (χ4n) is 3.60. The number of hydrogen-bond acceptors (Lipinski definition) is 5. The molecule has 118 valence electrons. The third-order valence-electron chi connectivity index (χ3n) is 4.42. The van der Waals surface area contributed by atoms with Gasteiger partial charge in [0.2, 0.25) is 0 Å². The van der Waals surface area contributed by atoms with Crippen LogP contribution in [0, 0.1) is 11.8 Å². The van der Waals surface area contributed by atoms with Crippen molar-refractivity contribution in [3.63, 3.8) is 0 Å². The number of Topliss-reactive ketones (excluding diaryl/α,β-unsaturated/α-hetero) is 3. The molecule has 0 bridgehead atoms. The largest absolute Gasteiger partial charge is 0.508 e. The van der Waals surface area contributed by atoms with E-state index in [2.05, 4.69) is 0 Å². The van der Waals surface area contributed by atoms with Gasteiger partial charge in [0, 0.05) is 12.3 Å². The van der Waals surface area contributed by atoms with E-state index in [0.29, 0.717) is 5.56 Å². The number of carbonyl (C=O) groups excluding carboxylic acids is 3. The highest BCUT2D eigenvalue weighted by atomic mass is 16.3. The van der Waals surface area contributed by atoms with E-state index in [0.717, 1.165) is 0 Å². The predicted molar refractivity (Wildman–Crippen MR) is 79.4 cm³/mol. The zero-order valence-electron chi connectivity index (χ0n) is 12.9. The van der Waals surface area contributed by atoms with Gasteiger partial charge in [-0.3, -0.25) is 14.4 Å². The molecule has 5 heteroatoms. The number of aliphatic hydroxyl groups is 1. The molecule has 0 unspecified atom stereocenters. The molecule has 0 radical (unpaired) electrons. The van der Waals surface area contributed by atoms with Gasteiger partial charge in [-0.1, -0.05) is 12.1 Å². The van der Waals surface area contributed by atoms with Crippen LogP contribution in [0.4, 0.5) is 0 Å². The molecule has 1 aliphatic rings. The van der Waals surface area contributed by atoms with E-state index in [1.165, 1.54) is 32.9 Å². The van der Waals surface area contributed by atoms with Crippen LogP contribution in [0.5, 0.6) is 5.75 Å². The van der Waals surface area contributed by atoms with Crippen molar-refractivity contribution in [2.75, 3.05) is 0 Å². The predicted octanol–water partition coefficient (Wildman–Crippen LogP) is 1.61. The van der Waals surface area contributed by atoms with Crippen LogP contribution in [0.25, 0.3) is 0 Å². The van der Waals surface area contributed by atoms with Crippen LogP contribution in [0.3, 0.4) is 0 Å². The van der Waals surface area contributed by atoms with E-state index >= 15 is 0 Å². The van der Waals surface area contributed by atoms with Gasteiger partial charge in [0.25, 0.3) is 0 Å². The zero-order chi connectivity index (χ0) is 16.7. The van der Waals surface area contributed by atoms with Gasteiger partial charge < -0.3 is 10.2 Å². The number of benzene rings is 1. The zero-order valence-corrected chi connectivity index (χ0v) is 12.9. The minimum atomic E-state index is -1.49. The summed E-state index contributed by atoms with van der Waals surface area (Å²) in [5.41, 5.74) is -0.899. The van der Waals surface area contributed by atoms with Gasteiger partial charge in [0.15, 0.2) is 0 Å². The first kappa shape index (κ1) is 16.4. The van der Waals surface area contributed by atoms with E-state index in [4.69, 9.17) is 0 Å². The molecule has 1 aliphatic carbocycles. The highest BCUT2D eigenvalue weighted by molar-refractivity contribution is 6.05. The second-order valence-corrected chi connectivity index (χ2v) is 6.29. The summed E-state index contributed by atoms with van der Waals surface area (Å²) in [5, 5.41) is 20.0. The molecule has 0 amide bonds. The summed E-state index contributed by atoms with van der Waals surface area (Å²) in [7, 11) is 0. The minimum absolute atomic E-state index is 0.0522. The summed E-state index contributed by atoms with van der Waals surface area (Å²) in [6.45, 7) is 4.15. The topological polar surface area (TPSA) is 91.7 Å². The standard InChI is InChI=1S/C17H20O5/c1-9(18)14-13(21)8-17(3,22)16(10(2)19)15(14)11-4-6-12(20)7-5-11/h4-7,14-16,20,22H,8H2,1-3H3/t14-,15-,16+,17+/m0/s1. The fourth-order valence-corrected chi connectivity index (χ4v) is 3.60. The monoisotopic (exact) mass is 304 g/mol. The summed E-state index contributed by atoms with van der Waals surface area (Å²) in [5.74, 6) is -3.38. The van der Waals surface area contributed by atoms with Gasteiger partial charge >= 0.3 is 0 Å². The van der Waals surface area contributed by atoms with E-state index < -0.39 is 23.4 Å². The van der Waals surface area contributed by atoms with Gasteiger partial charge in [-0.25, -0.2) is 0 Å². The lowest BCUT2D eigenvalue weighted by Crippen LogP contribution is -2.53. The Morgan fingerprint density at radius 3 is 2.14 bits per heavy atom. The maximum Gasteiger partial charge on any atom is 0.146 e. The Morgan fingerprint density at radius 1 is 1.14 bits per heavy atom. The van der Waals surface area contributed by atoms with Crippen molar-refractivity contribution >= 4 is 17.3 Å². The van der Waals surface area contributed by atoms with Crippen LogP contribution in [0.2, 0.25) is 0 Å². The van der Waals surface area contributed by atoms with E-state index in [-0.39, 0.29) is 29.5 Å². The third kappa shape index (κ3) is 2.81. The number of hydrogen-bond donors (Lipinski definition) is 2. The number of rotatable bonds is 3. The van der Waals surface area contributed by atoms with Crippen LogP contribution in [0.1, 0.15) is 38.7 Å². The lowest BCUT2D eigenvalue weighted by Gasteiger charge is -2.44. The molecule has 1 aromatic carbocycles. The minimum Gasteiger partial charge on any atom is -0.508 e. The van der Waals surface area contributed by atoms with Gasteiger partial charge in [0.1, 0.15) is 23.1 Å². The lowest BCUT2D eigenvalue weighted by molar-refractivity contribution is -0.151. The molecular weight excluding hydrogens is 284 g/mol. The van der Waals surface area contributed by atoms with E-state index in [9.17, 15) is 24.6 Å². The number of carbonyl (C=O) groups is 3. The molecule has 2 rings (SSSR count). The Morgan fingerprint density at radius 2 is 1.68 bits per heavy atom. The van der Waals surface area contributed by atoms with Crippen molar-refractivity contribution in [1.82, 2.24) is 0 Å². The fraction of sp³-hybridized carbons (Fsp3) is 0.471. The molecule has 1 saturated carbocycles. The molecule has 22 heavy (non-hydrogen) atoms. The summed E-state index contributed by atoms with van der Waals surface area (Å²) >= 11 is 0. The molecule has 0 saturated heterocycles. The van der Waals surface area contributed by atoms with Crippen molar-refractivity contribution in [1.29, 1.82) is 0 Å². The Balaban J connectivity index is 2.61. The number of phenolic OH excluding ortho intramolecular Hbond substituents is 1. The maximum atomic E-state index is 12.3. The lowest BCUT2D eigenvalue weighted by atomic mass is 9.60. The number of ketones is 3. The Kier molecular flexibility index (Phi) is 4.20. The summed E-state index contributed by atoms with van der Waals surface area (Å²) in [6, 6.07) is 6.05. The first-order valence-electron chi connectivity index (χ1n) is 7.20. The van der Waals surface area contributed by atoms with Crippen molar-refractivity contribution in [3.05, 3.63) is 29.8 Å². The average Bonchev–Trinajstić information content (AvgIpc) is 2.36. The number of aromatic hydroxyl groups is 1. The summed E-state index contributed by atoms with van der Waals surface area (Å²) in [6.07, 6.45) is -0.212.